The molecular weight excluding hydrogens is 208 g/mol. The van der Waals surface area contributed by atoms with Crippen LogP contribution in [0.2, 0.25) is 0 Å². The molecule has 3 nitrogen and oxygen atoms in total. The predicted molar refractivity (Wildman–Crippen MR) is 65.5 cm³/mol. The third-order valence-electron chi connectivity index (χ3n) is 2.43. The zero-order chi connectivity index (χ0) is 11.3. The number of thiol groups is 1. The van der Waals surface area contributed by atoms with E-state index >= 15 is 0 Å². The number of aromatic nitrogens is 2. The third kappa shape index (κ3) is 3.70. The lowest BCUT2D eigenvalue weighted by Gasteiger charge is -2.14. The van der Waals surface area contributed by atoms with Crippen molar-refractivity contribution in [3.8, 4) is 0 Å². The Bertz CT molecular complexity index is 362. The maximum atomic E-state index is 11.6. The SMILES string of the molecule is CCCC(CS)Cn1cnc(C)cc1=O. The first kappa shape index (κ1) is 12.3. The molecule has 0 amide bonds. The highest BCUT2D eigenvalue weighted by Gasteiger charge is 2.07. The van der Waals surface area contributed by atoms with Gasteiger partial charge in [0.1, 0.15) is 0 Å². The first-order valence-corrected chi connectivity index (χ1v) is 5.94. The van der Waals surface area contributed by atoms with Crippen LogP contribution in [0.15, 0.2) is 17.2 Å². The maximum absolute atomic E-state index is 11.6. The van der Waals surface area contributed by atoms with E-state index in [0.717, 1.165) is 30.8 Å². The highest BCUT2D eigenvalue weighted by molar-refractivity contribution is 7.80. The molecule has 0 radical (unpaired) electrons. The van der Waals surface area contributed by atoms with Gasteiger partial charge in [-0.1, -0.05) is 13.3 Å². The first-order valence-electron chi connectivity index (χ1n) is 5.31. The van der Waals surface area contributed by atoms with Gasteiger partial charge in [0.2, 0.25) is 0 Å². The molecule has 84 valence electrons. The summed E-state index contributed by atoms with van der Waals surface area (Å²) in [7, 11) is 0. The maximum Gasteiger partial charge on any atom is 0.253 e. The van der Waals surface area contributed by atoms with Gasteiger partial charge >= 0.3 is 0 Å². The fourth-order valence-corrected chi connectivity index (χ4v) is 1.88. The average molecular weight is 226 g/mol. The van der Waals surface area contributed by atoms with Crippen molar-refractivity contribution >= 4 is 12.6 Å². The van der Waals surface area contributed by atoms with Crippen molar-refractivity contribution in [3.63, 3.8) is 0 Å². The summed E-state index contributed by atoms with van der Waals surface area (Å²) in [5, 5.41) is 0. The summed E-state index contributed by atoms with van der Waals surface area (Å²) in [5.41, 5.74) is 0.805. The fourth-order valence-electron chi connectivity index (χ4n) is 1.58. The van der Waals surface area contributed by atoms with Gasteiger partial charge in [-0.05, 0) is 25.0 Å². The molecule has 1 aromatic heterocycles. The molecule has 0 aromatic carbocycles. The monoisotopic (exact) mass is 226 g/mol. The van der Waals surface area contributed by atoms with Gasteiger partial charge in [0, 0.05) is 18.3 Å². The molecule has 0 saturated heterocycles. The van der Waals surface area contributed by atoms with E-state index in [4.69, 9.17) is 0 Å². The van der Waals surface area contributed by atoms with Gasteiger partial charge in [0.25, 0.3) is 5.56 Å². The molecule has 0 fully saturated rings. The van der Waals surface area contributed by atoms with E-state index in [1.165, 1.54) is 0 Å². The zero-order valence-corrected chi connectivity index (χ0v) is 10.2. The van der Waals surface area contributed by atoms with Crippen molar-refractivity contribution in [3.05, 3.63) is 28.4 Å². The molecule has 1 rings (SSSR count). The minimum Gasteiger partial charge on any atom is -0.299 e. The number of nitrogens with zero attached hydrogens (tertiary/aromatic N) is 2. The van der Waals surface area contributed by atoms with Gasteiger partial charge in [0.05, 0.1) is 6.33 Å². The first-order chi connectivity index (χ1) is 7.17. The molecule has 0 aliphatic rings. The third-order valence-corrected chi connectivity index (χ3v) is 2.94. The second-order valence-electron chi connectivity index (χ2n) is 3.86. The van der Waals surface area contributed by atoms with Crippen molar-refractivity contribution < 1.29 is 0 Å². The lowest BCUT2D eigenvalue weighted by atomic mass is 10.1. The van der Waals surface area contributed by atoms with Crippen LogP contribution in [-0.2, 0) is 6.54 Å². The number of aryl methyl sites for hydroxylation is 1. The summed E-state index contributed by atoms with van der Waals surface area (Å²) in [6.07, 6.45) is 3.85. The zero-order valence-electron chi connectivity index (χ0n) is 9.31. The summed E-state index contributed by atoms with van der Waals surface area (Å²) in [4.78, 5) is 15.7. The molecule has 0 saturated carbocycles. The Labute approximate surface area is 96.0 Å². The summed E-state index contributed by atoms with van der Waals surface area (Å²) in [5.74, 6) is 1.27. The van der Waals surface area contributed by atoms with E-state index in [2.05, 4.69) is 24.5 Å². The molecular formula is C11H18N2OS. The van der Waals surface area contributed by atoms with Crippen LogP contribution < -0.4 is 5.56 Å². The lowest BCUT2D eigenvalue weighted by Crippen LogP contribution is -2.24. The van der Waals surface area contributed by atoms with Crippen LogP contribution in [0.5, 0.6) is 0 Å². The van der Waals surface area contributed by atoms with Crippen molar-refractivity contribution in [2.24, 2.45) is 5.92 Å². The van der Waals surface area contributed by atoms with Gasteiger partial charge in [-0.25, -0.2) is 4.98 Å². The standard InChI is InChI=1S/C11H18N2OS/c1-3-4-10(7-15)6-13-8-12-9(2)5-11(13)14/h5,8,10,15H,3-4,6-7H2,1-2H3. The van der Waals surface area contributed by atoms with E-state index in [9.17, 15) is 4.79 Å². The molecule has 1 heterocycles. The smallest absolute Gasteiger partial charge is 0.253 e. The van der Waals surface area contributed by atoms with Crippen molar-refractivity contribution in [2.75, 3.05) is 5.75 Å². The minimum absolute atomic E-state index is 0.0328. The topological polar surface area (TPSA) is 34.9 Å². The molecule has 0 N–H and O–H groups in total. The summed E-state index contributed by atoms with van der Waals surface area (Å²) in [6, 6.07) is 1.57. The molecule has 0 aliphatic carbocycles. The van der Waals surface area contributed by atoms with E-state index in [1.807, 2.05) is 6.92 Å². The summed E-state index contributed by atoms with van der Waals surface area (Å²) >= 11 is 4.30. The van der Waals surface area contributed by atoms with E-state index in [-0.39, 0.29) is 5.56 Å². The van der Waals surface area contributed by atoms with Crippen LogP contribution in [0.25, 0.3) is 0 Å². The summed E-state index contributed by atoms with van der Waals surface area (Å²) < 4.78 is 1.67. The van der Waals surface area contributed by atoms with Crippen LogP contribution in [0.3, 0.4) is 0 Å². The van der Waals surface area contributed by atoms with Crippen LogP contribution in [0.4, 0.5) is 0 Å². The molecule has 1 aromatic rings. The predicted octanol–water partition coefficient (Wildman–Crippen LogP) is 1.90. The van der Waals surface area contributed by atoms with Crippen LogP contribution in [0.1, 0.15) is 25.5 Å². The average Bonchev–Trinajstić information content (AvgIpc) is 2.21. The Balaban J connectivity index is 2.75. The van der Waals surface area contributed by atoms with Crippen LogP contribution in [-0.4, -0.2) is 15.3 Å². The van der Waals surface area contributed by atoms with Crippen LogP contribution >= 0.6 is 12.6 Å². The Hall–Kier alpha value is -0.770. The number of hydrogen-bond donors (Lipinski definition) is 1. The Kier molecular flexibility index (Phi) is 4.88. The van der Waals surface area contributed by atoms with Crippen molar-refractivity contribution in [1.29, 1.82) is 0 Å². The molecule has 0 spiro atoms. The van der Waals surface area contributed by atoms with Gasteiger partial charge < -0.3 is 0 Å². The van der Waals surface area contributed by atoms with Crippen LogP contribution in [0, 0.1) is 12.8 Å². The lowest BCUT2D eigenvalue weighted by molar-refractivity contribution is 0.442. The highest BCUT2D eigenvalue weighted by atomic mass is 32.1. The molecule has 1 unspecified atom stereocenters. The number of rotatable bonds is 5. The Morgan fingerprint density at radius 1 is 1.60 bits per heavy atom. The van der Waals surface area contributed by atoms with E-state index < -0.39 is 0 Å². The second-order valence-corrected chi connectivity index (χ2v) is 4.22. The van der Waals surface area contributed by atoms with Gasteiger partial charge in [-0.15, -0.1) is 0 Å². The second kappa shape index (κ2) is 5.95. The minimum atomic E-state index is 0.0328. The largest absolute Gasteiger partial charge is 0.299 e. The van der Waals surface area contributed by atoms with Gasteiger partial charge in [-0.2, -0.15) is 12.6 Å². The van der Waals surface area contributed by atoms with Crippen molar-refractivity contribution in [1.82, 2.24) is 9.55 Å². The highest BCUT2D eigenvalue weighted by Crippen LogP contribution is 2.09. The van der Waals surface area contributed by atoms with E-state index in [0.29, 0.717) is 5.92 Å². The van der Waals surface area contributed by atoms with Gasteiger partial charge in [0.15, 0.2) is 0 Å². The van der Waals surface area contributed by atoms with E-state index in [1.54, 1.807) is 17.0 Å². The molecule has 0 aliphatic heterocycles. The molecule has 4 heteroatoms. The Morgan fingerprint density at radius 3 is 2.87 bits per heavy atom. The van der Waals surface area contributed by atoms with Crippen molar-refractivity contribution in [2.45, 2.75) is 33.2 Å². The number of hydrogen-bond acceptors (Lipinski definition) is 3. The normalized spacial score (nSPS) is 12.7. The molecule has 0 bridgehead atoms. The molecule has 1 atom stereocenters. The van der Waals surface area contributed by atoms with Gasteiger partial charge in [-0.3, -0.25) is 9.36 Å². The Morgan fingerprint density at radius 2 is 2.33 bits per heavy atom. The fraction of sp³-hybridized carbons (Fsp3) is 0.636. The quantitative estimate of drug-likeness (QED) is 0.778. The molecule has 15 heavy (non-hydrogen) atoms. The summed E-state index contributed by atoms with van der Waals surface area (Å²) in [6.45, 7) is 4.70.